The first-order chi connectivity index (χ1) is 6.72. The fourth-order valence-electron chi connectivity index (χ4n) is 2.47. The quantitative estimate of drug-likeness (QED) is 0.652. The van der Waals surface area contributed by atoms with E-state index in [2.05, 4.69) is 24.5 Å². The minimum Gasteiger partial charge on any atom is -0.379 e. The number of nitrogens with one attached hydrogen (secondary N) is 2. The average Bonchev–Trinajstić information content (AvgIpc) is 2.19. The molecule has 2 aliphatic heterocycles. The summed E-state index contributed by atoms with van der Waals surface area (Å²) in [6.45, 7) is 8.54. The molecule has 14 heavy (non-hydrogen) atoms. The molecule has 2 fully saturated rings. The first-order valence-electron chi connectivity index (χ1n) is 5.78. The second-order valence-electron chi connectivity index (χ2n) is 5.06. The molecule has 0 radical (unpaired) electrons. The van der Waals surface area contributed by atoms with Crippen molar-refractivity contribution in [3.63, 3.8) is 0 Å². The second-order valence-corrected chi connectivity index (χ2v) is 5.06. The Morgan fingerprint density at radius 2 is 2.29 bits per heavy atom. The van der Waals surface area contributed by atoms with Crippen LogP contribution in [0.15, 0.2) is 0 Å². The van der Waals surface area contributed by atoms with Crippen molar-refractivity contribution in [1.82, 2.24) is 10.6 Å². The predicted octanol–water partition coefficient (Wildman–Crippen LogP) is 0.753. The van der Waals surface area contributed by atoms with Crippen molar-refractivity contribution in [3.8, 4) is 0 Å². The van der Waals surface area contributed by atoms with Crippen LogP contribution in [-0.4, -0.2) is 37.9 Å². The minimum atomic E-state index is 0.228. The highest BCUT2D eigenvalue weighted by molar-refractivity contribution is 4.99. The monoisotopic (exact) mass is 198 g/mol. The van der Waals surface area contributed by atoms with E-state index in [9.17, 15) is 0 Å². The summed E-state index contributed by atoms with van der Waals surface area (Å²) in [6.07, 6.45) is 2.45. The Bertz CT molecular complexity index is 182. The largest absolute Gasteiger partial charge is 0.379 e. The summed E-state index contributed by atoms with van der Waals surface area (Å²) in [6, 6.07) is 0.602. The van der Waals surface area contributed by atoms with Crippen molar-refractivity contribution in [1.29, 1.82) is 0 Å². The van der Waals surface area contributed by atoms with Crippen molar-refractivity contribution in [2.75, 3.05) is 26.3 Å². The zero-order chi connectivity index (χ0) is 10.0. The van der Waals surface area contributed by atoms with Gasteiger partial charge in [0.25, 0.3) is 0 Å². The summed E-state index contributed by atoms with van der Waals surface area (Å²) in [4.78, 5) is 0. The van der Waals surface area contributed by atoms with Gasteiger partial charge in [-0.15, -0.1) is 0 Å². The van der Waals surface area contributed by atoms with Crippen molar-refractivity contribution in [2.24, 2.45) is 5.92 Å². The lowest BCUT2D eigenvalue weighted by molar-refractivity contribution is 0.00161. The van der Waals surface area contributed by atoms with Gasteiger partial charge in [0.15, 0.2) is 0 Å². The number of hydrogen-bond donors (Lipinski definition) is 2. The molecule has 0 saturated carbocycles. The summed E-state index contributed by atoms with van der Waals surface area (Å²) in [5.41, 5.74) is 0.228. The van der Waals surface area contributed by atoms with Crippen LogP contribution in [0.1, 0.15) is 26.7 Å². The highest BCUT2D eigenvalue weighted by Crippen LogP contribution is 2.22. The van der Waals surface area contributed by atoms with Crippen LogP contribution in [0.25, 0.3) is 0 Å². The van der Waals surface area contributed by atoms with Gasteiger partial charge in [-0.25, -0.2) is 0 Å². The molecule has 82 valence electrons. The molecular weight excluding hydrogens is 176 g/mol. The normalized spacial score (nSPS) is 39.2. The third-order valence-corrected chi connectivity index (χ3v) is 3.45. The maximum atomic E-state index is 5.59. The van der Waals surface area contributed by atoms with Gasteiger partial charge in [-0.3, -0.25) is 0 Å². The Kier molecular flexibility index (Phi) is 3.10. The highest BCUT2D eigenvalue weighted by atomic mass is 16.5. The van der Waals surface area contributed by atoms with Gasteiger partial charge in [-0.2, -0.15) is 0 Å². The van der Waals surface area contributed by atoms with Gasteiger partial charge < -0.3 is 15.4 Å². The van der Waals surface area contributed by atoms with E-state index in [4.69, 9.17) is 4.74 Å². The number of hydrogen-bond acceptors (Lipinski definition) is 3. The van der Waals surface area contributed by atoms with Gasteiger partial charge in [0, 0.05) is 25.7 Å². The van der Waals surface area contributed by atoms with Crippen LogP contribution in [-0.2, 0) is 4.74 Å². The Labute approximate surface area is 86.6 Å². The van der Waals surface area contributed by atoms with Crippen molar-refractivity contribution >= 4 is 0 Å². The Hall–Kier alpha value is -0.120. The van der Waals surface area contributed by atoms with E-state index in [0.29, 0.717) is 12.0 Å². The number of piperazine rings is 1. The molecule has 3 nitrogen and oxygen atoms in total. The van der Waals surface area contributed by atoms with E-state index >= 15 is 0 Å². The predicted molar refractivity (Wildman–Crippen MR) is 57.4 cm³/mol. The molecule has 2 saturated heterocycles. The molecule has 0 aromatic heterocycles. The van der Waals surface area contributed by atoms with Crippen LogP contribution in [0.5, 0.6) is 0 Å². The molecular formula is C11H22N2O. The molecule has 2 N–H and O–H groups in total. The first-order valence-corrected chi connectivity index (χ1v) is 5.78. The summed E-state index contributed by atoms with van der Waals surface area (Å²) in [5, 5.41) is 7.31. The zero-order valence-electron chi connectivity index (χ0n) is 9.31. The Morgan fingerprint density at radius 3 is 2.93 bits per heavy atom. The molecule has 0 aromatic rings. The molecule has 2 aliphatic rings. The molecule has 3 heteroatoms. The van der Waals surface area contributed by atoms with Gasteiger partial charge in [0.05, 0.1) is 12.1 Å². The SMILES string of the molecule is CC(C)C1CNCC2(CCCOC2)N1. The number of rotatable bonds is 1. The zero-order valence-corrected chi connectivity index (χ0v) is 9.31. The minimum absolute atomic E-state index is 0.228. The lowest BCUT2D eigenvalue weighted by atomic mass is 9.87. The van der Waals surface area contributed by atoms with E-state index in [1.54, 1.807) is 0 Å². The topological polar surface area (TPSA) is 33.3 Å². The molecule has 2 heterocycles. The van der Waals surface area contributed by atoms with Crippen molar-refractivity contribution in [3.05, 3.63) is 0 Å². The molecule has 2 unspecified atom stereocenters. The molecule has 2 rings (SSSR count). The van der Waals surface area contributed by atoms with Crippen LogP contribution in [0, 0.1) is 5.92 Å². The van der Waals surface area contributed by atoms with E-state index in [1.807, 2.05) is 0 Å². The number of ether oxygens (including phenoxy) is 1. The van der Waals surface area contributed by atoms with Gasteiger partial charge in [0.2, 0.25) is 0 Å². The van der Waals surface area contributed by atoms with Gasteiger partial charge in [-0.05, 0) is 18.8 Å². The van der Waals surface area contributed by atoms with Crippen LogP contribution >= 0.6 is 0 Å². The van der Waals surface area contributed by atoms with E-state index in [0.717, 1.165) is 26.3 Å². The highest BCUT2D eigenvalue weighted by Gasteiger charge is 2.37. The van der Waals surface area contributed by atoms with Crippen LogP contribution in [0.4, 0.5) is 0 Å². The third kappa shape index (κ3) is 2.10. The summed E-state index contributed by atoms with van der Waals surface area (Å²) < 4.78 is 5.59. The third-order valence-electron chi connectivity index (χ3n) is 3.45. The summed E-state index contributed by atoms with van der Waals surface area (Å²) in [7, 11) is 0. The van der Waals surface area contributed by atoms with Crippen LogP contribution < -0.4 is 10.6 Å². The van der Waals surface area contributed by atoms with Crippen molar-refractivity contribution in [2.45, 2.75) is 38.3 Å². The average molecular weight is 198 g/mol. The Balaban J connectivity index is 1.97. The van der Waals surface area contributed by atoms with Gasteiger partial charge >= 0.3 is 0 Å². The second kappa shape index (κ2) is 4.17. The van der Waals surface area contributed by atoms with Crippen LogP contribution in [0.3, 0.4) is 0 Å². The Morgan fingerprint density at radius 1 is 1.43 bits per heavy atom. The van der Waals surface area contributed by atoms with E-state index in [1.165, 1.54) is 12.8 Å². The molecule has 0 aromatic carbocycles. The van der Waals surface area contributed by atoms with Gasteiger partial charge in [-0.1, -0.05) is 13.8 Å². The first kappa shape index (κ1) is 10.4. The molecule has 0 bridgehead atoms. The molecule has 0 amide bonds. The van der Waals surface area contributed by atoms with Gasteiger partial charge in [0.1, 0.15) is 0 Å². The maximum absolute atomic E-state index is 5.59. The lowest BCUT2D eigenvalue weighted by Crippen LogP contribution is -2.67. The standard InChI is InChI=1S/C11H22N2O/c1-9(2)10-6-12-7-11(13-10)4-3-5-14-8-11/h9-10,12-13H,3-8H2,1-2H3. The fraction of sp³-hybridized carbons (Fsp3) is 1.00. The molecule has 1 spiro atoms. The summed E-state index contributed by atoms with van der Waals surface area (Å²) in [5.74, 6) is 0.696. The molecule has 0 aliphatic carbocycles. The van der Waals surface area contributed by atoms with E-state index < -0.39 is 0 Å². The molecule has 2 atom stereocenters. The lowest BCUT2D eigenvalue weighted by Gasteiger charge is -2.46. The van der Waals surface area contributed by atoms with Crippen molar-refractivity contribution < 1.29 is 4.74 Å². The van der Waals surface area contributed by atoms with E-state index in [-0.39, 0.29) is 5.54 Å². The fourth-order valence-corrected chi connectivity index (χ4v) is 2.47. The van der Waals surface area contributed by atoms with Crippen LogP contribution in [0.2, 0.25) is 0 Å². The summed E-state index contributed by atoms with van der Waals surface area (Å²) >= 11 is 0. The maximum Gasteiger partial charge on any atom is 0.0660 e. The smallest absolute Gasteiger partial charge is 0.0660 e.